The van der Waals surface area contributed by atoms with Gasteiger partial charge in [-0.2, -0.15) is 9.52 Å². The van der Waals surface area contributed by atoms with Crippen LogP contribution >= 0.6 is 11.3 Å². The first-order valence-corrected chi connectivity index (χ1v) is 16.4. The van der Waals surface area contributed by atoms with Gasteiger partial charge >= 0.3 is 0 Å². The van der Waals surface area contributed by atoms with Crippen molar-refractivity contribution in [1.29, 1.82) is 0 Å². The molecular weight excluding hydrogens is 623 g/mol. The summed E-state index contributed by atoms with van der Waals surface area (Å²) in [5.74, 6) is 4.56. The fourth-order valence-electron chi connectivity index (χ4n) is 5.47. The molecular formula is C27H31N11O5S2. The number of tetrazole rings is 1. The van der Waals surface area contributed by atoms with Crippen LogP contribution in [0.2, 0.25) is 0 Å². The number of hydrogen-bond acceptors (Lipinski definition) is 13. The molecule has 4 aromatic rings. The van der Waals surface area contributed by atoms with E-state index in [1.165, 1.54) is 21.9 Å². The molecule has 0 radical (unpaired) electrons. The second kappa shape index (κ2) is 12.9. The molecule has 2 aliphatic heterocycles. The Balaban J connectivity index is 1.23. The number of aromatic amines is 1. The molecule has 1 fully saturated rings. The van der Waals surface area contributed by atoms with E-state index in [9.17, 15) is 18.0 Å². The number of aromatic nitrogens is 5. The van der Waals surface area contributed by atoms with E-state index in [2.05, 4.69) is 45.9 Å². The topological polar surface area (TPSA) is 205 Å². The molecule has 2 amide bonds. The standard InChI is InChI=1S/C27H31N11O5S2/c1-36-7-6-22-23(16-36)44-26(31-22)27(40)38-9-8-37(15-20(38)12-25(39)29-14-24-32-34-35-33-24)45(41,42)21-5-4-18-10-17(13-30-43-28)2-3-19(18)11-21/h2-5,10-11,13,20H,6-9,12,14-16,28H2,1H3,(H,29,39)(H,32,33,34,35)/b30-13+. The Morgan fingerprint density at radius 2 is 2.02 bits per heavy atom. The van der Waals surface area contributed by atoms with Gasteiger partial charge in [0.2, 0.25) is 15.9 Å². The molecule has 0 spiro atoms. The predicted molar refractivity (Wildman–Crippen MR) is 163 cm³/mol. The summed E-state index contributed by atoms with van der Waals surface area (Å²) in [4.78, 5) is 40.6. The summed E-state index contributed by atoms with van der Waals surface area (Å²) < 4.78 is 29.1. The van der Waals surface area contributed by atoms with E-state index in [0.29, 0.717) is 16.2 Å². The fraction of sp³-hybridized carbons (Fsp3) is 0.370. The van der Waals surface area contributed by atoms with Gasteiger partial charge in [-0.05, 0) is 41.6 Å². The van der Waals surface area contributed by atoms with Gasteiger partial charge in [-0.3, -0.25) is 9.59 Å². The minimum atomic E-state index is -3.97. The van der Waals surface area contributed by atoms with Crippen LogP contribution in [0.15, 0.2) is 46.4 Å². The van der Waals surface area contributed by atoms with E-state index in [4.69, 9.17) is 5.90 Å². The Bertz CT molecular complexity index is 1840. The maximum atomic E-state index is 13.9. The van der Waals surface area contributed by atoms with Gasteiger partial charge in [0.15, 0.2) is 10.8 Å². The number of benzene rings is 2. The second-order valence-corrected chi connectivity index (χ2v) is 13.8. The Hall–Kier alpha value is -4.36. The largest absolute Gasteiger partial charge is 0.349 e. The van der Waals surface area contributed by atoms with E-state index in [-0.39, 0.29) is 49.3 Å². The summed E-state index contributed by atoms with van der Waals surface area (Å²) in [6.07, 6.45) is 2.08. The summed E-state index contributed by atoms with van der Waals surface area (Å²) in [5.41, 5.74) is 1.65. The lowest BCUT2D eigenvalue weighted by Crippen LogP contribution is -2.57. The minimum Gasteiger partial charge on any atom is -0.349 e. The number of amides is 2. The lowest BCUT2D eigenvalue weighted by molar-refractivity contribution is -0.122. The summed E-state index contributed by atoms with van der Waals surface area (Å²) in [5, 5.41) is 21.6. The normalized spacial score (nSPS) is 17.9. The molecule has 45 heavy (non-hydrogen) atoms. The molecule has 0 bridgehead atoms. The van der Waals surface area contributed by atoms with E-state index in [1.54, 1.807) is 35.2 Å². The molecule has 6 rings (SSSR count). The average Bonchev–Trinajstić information content (AvgIpc) is 3.72. The first-order valence-electron chi connectivity index (χ1n) is 14.1. The number of rotatable bonds is 9. The third-order valence-corrected chi connectivity index (χ3v) is 10.7. The quantitative estimate of drug-likeness (QED) is 0.165. The molecule has 18 heteroatoms. The Morgan fingerprint density at radius 3 is 2.82 bits per heavy atom. The van der Waals surface area contributed by atoms with Gasteiger partial charge in [0.25, 0.3) is 5.91 Å². The van der Waals surface area contributed by atoms with Gasteiger partial charge in [-0.1, -0.05) is 28.6 Å². The Labute approximate surface area is 262 Å². The number of oxime groups is 1. The molecule has 1 unspecified atom stereocenters. The van der Waals surface area contributed by atoms with Gasteiger partial charge in [0, 0.05) is 50.4 Å². The molecule has 2 aliphatic rings. The van der Waals surface area contributed by atoms with E-state index in [1.807, 2.05) is 13.1 Å². The third kappa shape index (κ3) is 6.69. The number of carbonyl (C=O) groups is 2. The molecule has 236 valence electrons. The second-order valence-electron chi connectivity index (χ2n) is 10.8. The summed E-state index contributed by atoms with van der Waals surface area (Å²) in [6, 6.07) is 9.51. The smallest absolute Gasteiger partial charge is 0.283 e. The van der Waals surface area contributed by atoms with Gasteiger partial charge in [0.1, 0.15) is 0 Å². The Morgan fingerprint density at radius 1 is 1.20 bits per heavy atom. The molecule has 0 aliphatic carbocycles. The number of nitrogens with two attached hydrogens (primary N) is 1. The van der Waals surface area contributed by atoms with Gasteiger partial charge in [0.05, 0.1) is 29.4 Å². The highest BCUT2D eigenvalue weighted by Gasteiger charge is 2.39. The summed E-state index contributed by atoms with van der Waals surface area (Å²) >= 11 is 1.36. The van der Waals surface area contributed by atoms with E-state index < -0.39 is 16.1 Å². The number of likely N-dealkylation sites (N-methyl/N-ethyl adjacent to an activating group) is 1. The monoisotopic (exact) mass is 653 g/mol. The molecule has 2 aromatic carbocycles. The molecule has 1 saturated heterocycles. The third-order valence-electron chi connectivity index (χ3n) is 7.80. The highest BCUT2D eigenvalue weighted by Crippen LogP contribution is 2.29. The molecule has 1 atom stereocenters. The van der Waals surface area contributed by atoms with Crippen LogP contribution in [-0.4, -0.2) is 105 Å². The maximum absolute atomic E-state index is 13.9. The van der Waals surface area contributed by atoms with Gasteiger partial charge in [-0.15, -0.1) is 27.4 Å². The van der Waals surface area contributed by atoms with Gasteiger partial charge in [-0.25, -0.2) is 13.4 Å². The number of fused-ring (bicyclic) bond motifs is 2. The number of carbonyl (C=O) groups excluding carboxylic acids is 2. The van der Waals surface area contributed by atoms with E-state index >= 15 is 0 Å². The highest BCUT2D eigenvalue weighted by molar-refractivity contribution is 7.89. The summed E-state index contributed by atoms with van der Waals surface area (Å²) in [6.45, 7) is 1.72. The van der Waals surface area contributed by atoms with Crippen LogP contribution in [0.4, 0.5) is 0 Å². The molecule has 4 N–H and O–H groups in total. The number of nitrogens with one attached hydrogen (secondary N) is 2. The first-order chi connectivity index (χ1) is 21.7. The van der Waals surface area contributed by atoms with Crippen molar-refractivity contribution in [3.8, 4) is 0 Å². The Kier molecular flexibility index (Phi) is 8.81. The van der Waals surface area contributed by atoms with Gasteiger partial charge < -0.3 is 20.1 Å². The average molecular weight is 654 g/mol. The zero-order valence-corrected chi connectivity index (χ0v) is 25.9. The molecule has 2 aromatic heterocycles. The molecule has 0 saturated carbocycles. The maximum Gasteiger partial charge on any atom is 0.283 e. The van der Waals surface area contributed by atoms with Crippen LogP contribution in [0.25, 0.3) is 10.8 Å². The van der Waals surface area contributed by atoms with Crippen molar-refractivity contribution in [2.75, 3.05) is 33.2 Å². The number of sulfonamides is 1. The van der Waals surface area contributed by atoms with Crippen LogP contribution in [0.5, 0.6) is 0 Å². The number of H-pyrrole nitrogens is 1. The zero-order valence-electron chi connectivity index (χ0n) is 24.3. The van der Waals surface area contributed by atoms with Crippen molar-refractivity contribution < 1.29 is 22.9 Å². The minimum absolute atomic E-state index is 0.0363. The highest BCUT2D eigenvalue weighted by atomic mass is 32.2. The molecule has 16 nitrogen and oxygen atoms in total. The number of piperazine rings is 1. The number of nitrogens with zero attached hydrogens (tertiary/aromatic N) is 8. The SMILES string of the molecule is CN1CCc2nc(C(=O)N3CCN(S(=O)(=O)c4ccc5cc(/C=N/ON)ccc5c4)CC3CC(=O)NCc3nn[nH]n3)sc2C1. The lowest BCUT2D eigenvalue weighted by Gasteiger charge is -2.40. The van der Waals surface area contributed by atoms with Crippen LogP contribution in [-0.2, 0) is 39.3 Å². The van der Waals surface area contributed by atoms with Crippen LogP contribution in [0, 0.1) is 0 Å². The first kappa shape index (κ1) is 30.7. The van der Waals surface area contributed by atoms with Crippen molar-refractivity contribution in [3.05, 3.63) is 63.4 Å². The van der Waals surface area contributed by atoms with Crippen LogP contribution < -0.4 is 11.2 Å². The molecule has 4 heterocycles. The van der Waals surface area contributed by atoms with Crippen molar-refractivity contribution in [1.82, 2.24) is 45.0 Å². The number of hydrogen-bond donors (Lipinski definition) is 3. The van der Waals surface area contributed by atoms with E-state index in [0.717, 1.165) is 41.0 Å². The predicted octanol–water partition coefficient (Wildman–Crippen LogP) is 0.243. The van der Waals surface area contributed by atoms with Crippen molar-refractivity contribution in [2.24, 2.45) is 11.1 Å². The van der Waals surface area contributed by atoms with Crippen molar-refractivity contribution >= 4 is 50.2 Å². The summed E-state index contributed by atoms with van der Waals surface area (Å²) in [7, 11) is -1.95. The fourth-order valence-corrected chi connectivity index (χ4v) is 8.12. The zero-order chi connectivity index (χ0) is 31.6. The van der Waals surface area contributed by atoms with Crippen LogP contribution in [0.1, 0.15) is 38.2 Å². The number of thiazole rings is 1. The lowest BCUT2D eigenvalue weighted by atomic mass is 10.1. The van der Waals surface area contributed by atoms with Crippen LogP contribution in [0.3, 0.4) is 0 Å². The van der Waals surface area contributed by atoms with Crippen molar-refractivity contribution in [2.45, 2.75) is 36.9 Å². The van der Waals surface area contributed by atoms with Crippen molar-refractivity contribution in [3.63, 3.8) is 0 Å².